The molecule has 34 heavy (non-hydrogen) atoms. The second-order valence-electron chi connectivity index (χ2n) is 7.60. The van der Waals surface area contributed by atoms with Crippen LogP contribution in [0, 0.1) is 0 Å². The predicted octanol–water partition coefficient (Wildman–Crippen LogP) is 4.76. The molecule has 1 heterocycles. The third kappa shape index (κ3) is 4.81. The highest BCUT2D eigenvalue weighted by atomic mass is 35.5. The number of nitrogens with one attached hydrogen (secondary N) is 1. The summed E-state index contributed by atoms with van der Waals surface area (Å²) in [7, 11) is 0. The molecule has 0 saturated carbocycles. The Morgan fingerprint density at radius 1 is 0.941 bits per heavy atom. The second-order valence-corrected chi connectivity index (χ2v) is 8.44. The van der Waals surface area contributed by atoms with E-state index in [2.05, 4.69) is 5.32 Å². The van der Waals surface area contributed by atoms with Crippen LogP contribution in [0.4, 0.5) is 5.69 Å². The van der Waals surface area contributed by atoms with E-state index in [1.54, 1.807) is 54.6 Å². The normalized spacial score (nSPS) is 13.4. The number of anilines is 1. The van der Waals surface area contributed by atoms with Crippen molar-refractivity contribution in [1.29, 1.82) is 0 Å². The average Bonchev–Trinajstić information content (AvgIpc) is 3.05. The standard InChI is InChI=1S/C25H18Cl2N2O5/c1-14(30)34-17-9-6-15(7-10-17)12-22(23(31)28-21-11-8-16(26)13-20(21)27)29-24(32)18-4-2-3-5-19(18)25(29)33/h2-11,13,22H,12H2,1H3,(H,28,31). The van der Waals surface area contributed by atoms with Gasteiger partial charge in [-0.2, -0.15) is 0 Å². The summed E-state index contributed by atoms with van der Waals surface area (Å²) in [6.45, 7) is 1.29. The van der Waals surface area contributed by atoms with Crippen molar-refractivity contribution in [2.45, 2.75) is 19.4 Å². The van der Waals surface area contributed by atoms with Crippen LogP contribution >= 0.6 is 23.2 Å². The summed E-state index contributed by atoms with van der Waals surface area (Å²) in [6.07, 6.45) is 0.0306. The molecule has 0 aliphatic carbocycles. The first-order chi connectivity index (χ1) is 16.2. The van der Waals surface area contributed by atoms with Gasteiger partial charge in [0.05, 0.1) is 21.8 Å². The zero-order valence-corrected chi connectivity index (χ0v) is 19.4. The minimum atomic E-state index is -1.17. The lowest BCUT2D eigenvalue weighted by Crippen LogP contribution is -2.48. The molecule has 0 saturated heterocycles. The lowest BCUT2D eigenvalue weighted by molar-refractivity contribution is -0.131. The maximum absolute atomic E-state index is 13.4. The van der Waals surface area contributed by atoms with Crippen molar-refractivity contribution in [3.05, 3.63) is 93.5 Å². The number of halogens is 2. The first kappa shape index (κ1) is 23.5. The summed E-state index contributed by atoms with van der Waals surface area (Å²) in [5.74, 6) is -1.83. The van der Waals surface area contributed by atoms with Gasteiger partial charge in [-0.1, -0.05) is 47.5 Å². The molecule has 1 aliphatic heterocycles. The zero-order chi connectivity index (χ0) is 24.4. The molecule has 9 heteroatoms. The summed E-state index contributed by atoms with van der Waals surface area (Å²) < 4.78 is 5.04. The van der Waals surface area contributed by atoms with Crippen molar-refractivity contribution in [3.63, 3.8) is 0 Å². The fourth-order valence-electron chi connectivity index (χ4n) is 3.68. The molecular weight excluding hydrogens is 479 g/mol. The SMILES string of the molecule is CC(=O)Oc1ccc(CC(C(=O)Nc2ccc(Cl)cc2Cl)N2C(=O)c3ccccc3C2=O)cc1. The lowest BCUT2D eigenvalue weighted by Gasteiger charge is -2.26. The quantitative estimate of drug-likeness (QED) is 0.301. The Labute approximate surface area is 205 Å². The van der Waals surface area contributed by atoms with Crippen LogP contribution in [0.25, 0.3) is 0 Å². The van der Waals surface area contributed by atoms with E-state index in [4.69, 9.17) is 27.9 Å². The fraction of sp³-hybridized carbons (Fsp3) is 0.120. The predicted molar refractivity (Wildman–Crippen MR) is 127 cm³/mol. The number of hydrogen-bond acceptors (Lipinski definition) is 5. The van der Waals surface area contributed by atoms with Gasteiger partial charge in [0.1, 0.15) is 11.8 Å². The smallest absolute Gasteiger partial charge is 0.308 e. The number of amides is 3. The van der Waals surface area contributed by atoms with E-state index in [1.807, 2.05) is 0 Å². The third-order valence-electron chi connectivity index (χ3n) is 5.24. The highest BCUT2D eigenvalue weighted by Gasteiger charge is 2.42. The van der Waals surface area contributed by atoms with Crippen LogP contribution in [0.1, 0.15) is 33.2 Å². The van der Waals surface area contributed by atoms with E-state index >= 15 is 0 Å². The van der Waals surface area contributed by atoms with Crippen molar-refractivity contribution in [3.8, 4) is 5.75 Å². The number of fused-ring (bicyclic) bond motifs is 1. The number of carbonyl (C=O) groups is 4. The Morgan fingerprint density at radius 3 is 2.12 bits per heavy atom. The van der Waals surface area contributed by atoms with Gasteiger partial charge >= 0.3 is 5.97 Å². The molecule has 172 valence electrons. The van der Waals surface area contributed by atoms with Crippen LogP contribution < -0.4 is 10.1 Å². The van der Waals surface area contributed by atoms with Gasteiger partial charge in [-0.15, -0.1) is 0 Å². The second kappa shape index (κ2) is 9.67. The summed E-state index contributed by atoms with van der Waals surface area (Å²) in [5.41, 5.74) is 1.41. The minimum absolute atomic E-state index is 0.0306. The highest BCUT2D eigenvalue weighted by molar-refractivity contribution is 6.36. The largest absolute Gasteiger partial charge is 0.427 e. The van der Waals surface area contributed by atoms with Gasteiger partial charge in [-0.25, -0.2) is 0 Å². The van der Waals surface area contributed by atoms with Crippen molar-refractivity contribution in [2.24, 2.45) is 0 Å². The van der Waals surface area contributed by atoms with Gasteiger partial charge in [-0.05, 0) is 48.0 Å². The molecule has 7 nitrogen and oxygen atoms in total. The maximum atomic E-state index is 13.4. The van der Waals surface area contributed by atoms with Crippen molar-refractivity contribution in [1.82, 2.24) is 4.90 Å². The monoisotopic (exact) mass is 496 g/mol. The molecule has 1 aliphatic rings. The van der Waals surface area contributed by atoms with Crippen molar-refractivity contribution >= 4 is 52.6 Å². The first-order valence-corrected chi connectivity index (χ1v) is 11.0. The maximum Gasteiger partial charge on any atom is 0.308 e. The zero-order valence-electron chi connectivity index (χ0n) is 17.9. The summed E-state index contributed by atoms with van der Waals surface area (Å²) >= 11 is 12.1. The fourth-order valence-corrected chi connectivity index (χ4v) is 4.14. The van der Waals surface area contributed by atoms with E-state index in [-0.39, 0.29) is 22.6 Å². The first-order valence-electron chi connectivity index (χ1n) is 10.2. The van der Waals surface area contributed by atoms with Crippen LogP contribution in [0.2, 0.25) is 10.0 Å². The summed E-state index contributed by atoms with van der Waals surface area (Å²) in [4.78, 5) is 51.7. The van der Waals surface area contributed by atoms with Gasteiger partial charge in [0.25, 0.3) is 11.8 Å². The Balaban J connectivity index is 1.66. The Morgan fingerprint density at radius 2 is 1.56 bits per heavy atom. The average molecular weight is 497 g/mol. The molecule has 1 N–H and O–H groups in total. The van der Waals surface area contributed by atoms with Gasteiger partial charge in [-0.3, -0.25) is 24.1 Å². The molecule has 1 atom stereocenters. The minimum Gasteiger partial charge on any atom is -0.427 e. The molecule has 0 aromatic heterocycles. The van der Waals surface area contributed by atoms with E-state index in [1.165, 1.54) is 19.1 Å². The number of benzene rings is 3. The molecule has 0 radical (unpaired) electrons. The number of esters is 1. The Kier molecular flexibility index (Phi) is 6.68. The summed E-state index contributed by atoms with van der Waals surface area (Å²) in [6, 6.07) is 16.3. The van der Waals surface area contributed by atoms with Crippen molar-refractivity contribution in [2.75, 3.05) is 5.32 Å². The topological polar surface area (TPSA) is 92.8 Å². The molecule has 0 bridgehead atoms. The molecular formula is C25H18Cl2N2O5. The van der Waals surface area contributed by atoms with E-state index < -0.39 is 29.7 Å². The summed E-state index contributed by atoms with van der Waals surface area (Å²) in [5, 5.41) is 3.31. The number of nitrogens with zero attached hydrogens (tertiary/aromatic N) is 1. The van der Waals surface area contributed by atoms with Crippen LogP contribution in [0.5, 0.6) is 5.75 Å². The molecule has 3 aromatic rings. The van der Waals surface area contributed by atoms with Crippen molar-refractivity contribution < 1.29 is 23.9 Å². The van der Waals surface area contributed by atoms with Crippen LogP contribution in [0.3, 0.4) is 0 Å². The molecule has 4 rings (SSSR count). The van der Waals surface area contributed by atoms with Gasteiger partial charge < -0.3 is 10.1 Å². The number of carbonyl (C=O) groups excluding carboxylic acids is 4. The molecule has 3 aromatic carbocycles. The molecule has 3 amide bonds. The van der Waals surface area contributed by atoms with Crippen LogP contribution in [0.15, 0.2) is 66.7 Å². The lowest BCUT2D eigenvalue weighted by atomic mass is 10.0. The molecule has 0 spiro atoms. The number of rotatable bonds is 6. The molecule has 0 fully saturated rings. The number of imide groups is 1. The van der Waals surface area contributed by atoms with Gasteiger partial charge in [0, 0.05) is 18.4 Å². The highest BCUT2D eigenvalue weighted by Crippen LogP contribution is 2.29. The van der Waals surface area contributed by atoms with E-state index in [0.717, 1.165) is 4.90 Å². The molecule has 1 unspecified atom stereocenters. The van der Waals surface area contributed by atoms with Crippen LogP contribution in [-0.4, -0.2) is 34.6 Å². The number of ether oxygens (including phenoxy) is 1. The van der Waals surface area contributed by atoms with E-state index in [0.29, 0.717) is 22.0 Å². The van der Waals surface area contributed by atoms with Crippen LogP contribution in [-0.2, 0) is 16.0 Å². The van der Waals surface area contributed by atoms with Gasteiger partial charge in [0.15, 0.2) is 0 Å². The third-order valence-corrected chi connectivity index (χ3v) is 5.79. The van der Waals surface area contributed by atoms with E-state index in [9.17, 15) is 19.2 Å². The van der Waals surface area contributed by atoms with Gasteiger partial charge in [0.2, 0.25) is 5.91 Å². The number of hydrogen-bond donors (Lipinski definition) is 1. The Hall–Kier alpha value is -3.68. The Bertz CT molecular complexity index is 1270.